The van der Waals surface area contributed by atoms with Crippen molar-refractivity contribution in [1.29, 1.82) is 0 Å². The van der Waals surface area contributed by atoms with E-state index in [0.717, 1.165) is 42.2 Å². The number of nitrogens with zero attached hydrogens (tertiary/aromatic N) is 3. The van der Waals surface area contributed by atoms with E-state index in [0.29, 0.717) is 30.8 Å². The van der Waals surface area contributed by atoms with Gasteiger partial charge < -0.3 is 15.0 Å². The fourth-order valence-electron chi connectivity index (χ4n) is 3.51. The Balaban J connectivity index is 1.58. The molecule has 0 unspecified atom stereocenters. The Hall–Kier alpha value is -2.93. The van der Waals surface area contributed by atoms with E-state index in [9.17, 15) is 9.59 Å². The largest absolute Gasteiger partial charge is 0.496 e. The molecule has 1 fully saturated rings. The number of pyridine rings is 1. The highest BCUT2D eigenvalue weighted by atomic mass is 16.5. The Morgan fingerprint density at radius 2 is 1.86 bits per heavy atom. The first kappa shape index (κ1) is 19.8. The third-order valence-corrected chi connectivity index (χ3v) is 5.14. The first-order chi connectivity index (χ1) is 13.5. The minimum atomic E-state index is 0.0172. The topological polar surface area (TPSA) is 74.8 Å². The number of benzene rings is 1. The van der Waals surface area contributed by atoms with Crippen LogP contribution < -0.4 is 10.1 Å². The van der Waals surface area contributed by atoms with Gasteiger partial charge in [-0.2, -0.15) is 0 Å². The maximum atomic E-state index is 12.7. The molecule has 2 amide bonds. The molecule has 0 saturated carbocycles. The summed E-state index contributed by atoms with van der Waals surface area (Å²) in [5.41, 5.74) is 4.43. The molecule has 7 heteroatoms. The van der Waals surface area contributed by atoms with Crippen molar-refractivity contribution in [2.75, 3.05) is 38.6 Å². The van der Waals surface area contributed by atoms with Crippen molar-refractivity contribution >= 4 is 18.0 Å². The summed E-state index contributed by atoms with van der Waals surface area (Å²) in [5.74, 6) is 0.912. The normalized spacial score (nSPS) is 14.6. The quantitative estimate of drug-likeness (QED) is 0.776. The number of anilines is 1. The van der Waals surface area contributed by atoms with E-state index < -0.39 is 0 Å². The number of amides is 2. The van der Waals surface area contributed by atoms with Gasteiger partial charge in [-0.05, 0) is 38.1 Å². The van der Waals surface area contributed by atoms with Gasteiger partial charge in [-0.25, -0.2) is 0 Å². The van der Waals surface area contributed by atoms with Crippen LogP contribution in [0.15, 0.2) is 30.5 Å². The second kappa shape index (κ2) is 8.84. The molecule has 1 aliphatic heterocycles. The second-order valence-electron chi connectivity index (χ2n) is 6.95. The van der Waals surface area contributed by atoms with E-state index in [2.05, 4.69) is 15.2 Å². The predicted octanol–water partition coefficient (Wildman–Crippen LogP) is 2.23. The lowest BCUT2D eigenvalue weighted by Crippen LogP contribution is -2.48. The number of hydrogen-bond donors (Lipinski definition) is 1. The van der Waals surface area contributed by atoms with Gasteiger partial charge in [0.1, 0.15) is 5.75 Å². The van der Waals surface area contributed by atoms with E-state index in [4.69, 9.17) is 4.74 Å². The first-order valence-electron chi connectivity index (χ1n) is 9.34. The highest BCUT2D eigenvalue weighted by Crippen LogP contribution is 2.25. The van der Waals surface area contributed by atoms with Crippen molar-refractivity contribution in [2.24, 2.45) is 0 Å². The van der Waals surface area contributed by atoms with Crippen molar-refractivity contribution in [3.8, 4) is 5.75 Å². The number of nitrogens with one attached hydrogen (secondary N) is 1. The van der Waals surface area contributed by atoms with Crippen LogP contribution in [0.1, 0.15) is 27.2 Å². The van der Waals surface area contributed by atoms with Crippen molar-refractivity contribution in [1.82, 2.24) is 14.8 Å². The van der Waals surface area contributed by atoms with Gasteiger partial charge in [0, 0.05) is 61.3 Å². The Morgan fingerprint density at radius 1 is 1.18 bits per heavy atom. The van der Waals surface area contributed by atoms with E-state index in [1.54, 1.807) is 31.4 Å². The molecule has 1 aromatic heterocycles. The zero-order valence-electron chi connectivity index (χ0n) is 16.6. The summed E-state index contributed by atoms with van der Waals surface area (Å²) < 4.78 is 5.49. The Kier molecular flexibility index (Phi) is 6.26. The van der Waals surface area contributed by atoms with Crippen LogP contribution in [-0.4, -0.2) is 60.4 Å². The SMILES string of the molecule is COc1c(C)cnc(CN2CCN(C(=O)c3ccc(NC=O)cc3)CC2)c1C. The summed E-state index contributed by atoms with van der Waals surface area (Å²) in [5, 5.41) is 2.57. The van der Waals surface area contributed by atoms with Gasteiger partial charge in [0.05, 0.1) is 12.8 Å². The van der Waals surface area contributed by atoms with Crippen LogP contribution in [0.4, 0.5) is 5.69 Å². The molecule has 1 aromatic carbocycles. The van der Waals surface area contributed by atoms with Gasteiger partial charge in [-0.1, -0.05) is 0 Å². The molecule has 1 N–H and O–H groups in total. The average molecular weight is 382 g/mol. The predicted molar refractivity (Wildman–Crippen MR) is 108 cm³/mol. The molecule has 1 aliphatic rings. The number of carbonyl (C=O) groups excluding carboxylic acids is 2. The Labute approximate surface area is 165 Å². The van der Waals surface area contributed by atoms with Gasteiger partial charge in [-0.3, -0.25) is 19.5 Å². The zero-order valence-corrected chi connectivity index (χ0v) is 16.6. The van der Waals surface area contributed by atoms with Crippen LogP contribution in [0.25, 0.3) is 0 Å². The molecular weight excluding hydrogens is 356 g/mol. The lowest BCUT2D eigenvalue weighted by atomic mass is 10.1. The summed E-state index contributed by atoms with van der Waals surface area (Å²) in [6.45, 7) is 7.73. The van der Waals surface area contributed by atoms with Crippen LogP contribution >= 0.6 is 0 Å². The zero-order chi connectivity index (χ0) is 20.1. The summed E-state index contributed by atoms with van der Waals surface area (Å²) in [6, 6.07) is 6.95. The maximum Gasteiger partial charge on any atom is 0.253 e. The third kappa shape index (κ3) is 4.31. The van der Waals surface area contributed by atoms with Crippen molar-refractivity contribution < 1.29 is 14.3 Å². The summed E-state index contributed by atoms with van der Waals surface area (Å²) in [6.07, 6.45) is 2.47. The van der Waals surface area contributed by atoms with Gasteiger partial charge in [-0.15, -0.1) is 0 Å². The first-order valence-corrected chi connectivity index (χ1v) is 9.34. The monoisotopic (exact) mass is 382 g/mol. The Morgan fingerprint density at radius 3 is 2.46 bits per heavy atom. The van der Waals surface area contributed by atoms with Crippen LogP contribution in [0, 0.1) is 13.8 Å². The molecule has 0 spiro atoms. The number of carbonyl (C=O) groups is 2. The van der Waals surface area contributed by atoms with Gasteiger partial charge in [0.2, 0.25) is 6.41 Å². The minimum Gasteiger partial charge on any atom is -0.496 e. The summed E-state index contributed by atoms with van der Waals surface area (Å²) in [7, 11) is 1.69. The molecule has 1 saturated heterocycles. The van der Waals surface area contributed by atoms with Crippen LogP contribution in [0.5, 0.6) is 5.75 Å². The smallest absolute Gasteiger partial charge is 0.253 e. The van der Waals surface area contributed by atoms with Crippen molar-refractivity contribution in [2.45, 2.75) is 20.4 Å². The fraction of sp³-hybridized carbons (Fsp3) is 0.381. The van der Waals surface area contributed by atoms with E-state index in [1.807, 2.05) is 24.9 Å². The van der Waals surface area contributed by atoms with Gasteiger partial charge >= 0.3 is 0 Å². The van der Waals surface area contributed by atoms with E-state index in [1.165, 1.54) is 0 Å². The van der Waals surface area contributed by atoms with Crippen molar-refractivity contribution in [3.63, 3.8) is 0 Å². The molecule has 0 radical (unpaired) electrons. The van der Waals surface area contributed by atoms with Crippen LogP contribution in [-0.2, 0) is 11.3 Å². The molecule has 2 aromatic rings. The van der Waals surface area contributed by atoms with Crippen LogP contribution in [0.3, 0.4) is 0 Å². The highest BCUT2D eigenvalue weighted by Gasteiger charge is 2.23. The minimum absolute atomic E-state index is 0.0172. The number of rotatable bonds is 6. The number of methoxy groups -OCH3 is 1. The standard InChI is InChI=1S/C21H26N4O3/c1-15-12-22-19(16(2)20(15)28-3)13-24-8-10-25(11-9-24)21(27)17-4-6-18(7-5-17)23-14-26/h4-7,12,14H,8-11,13H2,1-3H3,(H,23,26). The van der Waals surface area contributed by atoms with Gasteiger partial charge in [0.15, 0.2) is 0 Å². The molecule has 0 aliphatic carbocycles. The molecule has 28 heavy (non-hydrogen) atoms. The molecule has 0 bridgehead atoms. The average Bonchev–Trinajstić information content (AvgIpc) is 2.71. The summed E-state index contributed by atoms with van der Waals surface area (Å²) >= 11 is 0. The van der Waals surface area contributed by atoms with Gasteiger partial charge in [0.25, 0.3) is 5.91 Å². The molecule has 148 valence electrons. The molecule has 0 atom stereocenters. The molecule has 3 rings (SSSR count). The number of aryl methyl sites for hydroxylation is 1. The third-order valence-electron chi connectivity index (χ3n) is 5.14. The number of piperazine rings is 1. The lowest BCUT2D eigenvalue weighted by molar-refractivity contribution is -0.105. The lowest BCUT2D eigenvalue weighted by Gasteiger charge is -2.35. The maximum absolute atomic E-state index is 12.7. The fourth-order valence-corrected chi connectivity index (χ4v) is 3.51. The summed E-state index contributed by atoms with van der Waals surface area (Å²) in [4.78, 5) is 31.9. The number of hydrogen-bond acceptors (Lipinski definition) is 5. The Bertz CT molecular complexity index is 843. The molecule has 7 nitrogen and oxygen atoms in total. The molecule has 2 heterocycles. The highest BCUT2D eigenvalue weighted by molar-refractivity contribution is 5.94. The van der Waals surface area contributed by atoms with Crippen LogP contribution in [0.2, 0.25) is 0 Å². The second-order valence-corrected chi connectivity index (χ2v) is 6.95. The number of ether oxygens (including phenoxy) is 1. The molecular formula is C21H26N4O3. The van der Waals surface area contributed by atoms with E-state index in [-0.39, 0.29) is 5.91 Å². The van der Waals surface area contributed by atoms with E-state index >= 15 is 0 Å². The van der Waals surface area contributed by atoms with Crippen molar-refractivity contribution in [3.05, 3.63) is 52.8 Å². The number of aromatic nitrogens is 1.